The fraction of sp³-hybridized carbons (Fsp3) is 0.304. The van der Waals surface area contributed by atoms with E-state index in [-0.39, 0.29) is 18.7 Å². The lowest BCUT2D eigenvalue weighted by Gasteiger charge is -2.25. The third-order valence-electron chi connectivity index (χ3n) is 5.43. The molecule has 0 radical (unpaired) electrons. The van der Waals surface area contributed by atoms with Crippen LogP contribution in [0.2, 0.25) is 0 Å². The van der Waals surface area contributed by atoms with Crippen LogP contribution in [0.1, 0.15) is 41.6 Å². The molecule has 3 rings (SSSR count). The Morgan fingerprint density at radius 2 is 1.83 bits per heavy atom. The Hall–Kier alpha value is -3.02. The zero-order valence-corrected chi connectivity index (χ0v) is 16.9. The van der Waals surface area contributed by atoms with Crippen molar-refractivity contribution in [3.8, 4) is 0 Å². The number of aryl methyl sites for hydroxylation is 2. The molecule has 0 aliphatic carbocycles. The highest BCUT2D eigenvalue weighted by Gasteiger charge is 2.20. The van der Waals surface area contributed by atoms with E-state index < -0.39 is 23.3 Å². The van der Waals surface area contributed by atoms with Crippen molar-refractivity contribution in [1.82, 2.24) is 4.90 Å². The summed E-state index contributed by atoms with van der Waals surface area (Å²) in [4.78, 5) is 26.5. The van der Waals surface area contributed by atoms with Crippen molar-refractivity contribution >= 4 is 16.9 Å². The highest BCUT2D eigenvalue weighted by molar-refractivity contribution is 5.82. The summed E-state index contributed by atoms with van der Waals surface area (Å²) in [5.41, 5.74) is 2.87. The first-order valence-electron chi connectivity index (χ1n) is 9.42. The van der Waals surface area contributed by atoms with Crippen LogP contribution in [-0.2, 0) is 11.2 Å². The Morgan fingerprint density at radius 3 is 2.52 bits per heavy atom. The molecule has 0 spiro atoms. The van der Waals surface area contributed by atoms with Gasteiger partial charge in [0.1, 0.15) is 5.58 Å². The number of hydrogen-bond acceptors (Lipinski definition) is 3. The van der Waals surface area contributed by atoms with E-state index in [4.69, 9.17) is 4.42 Å². The number of halogens is 2. The van der Waals surface area contributed by atoms with Crippen LogP contribution in [0.15, 0.2) is 45.6 Å². The molecule has 1 unspecified atom stereocenters. The van der Waals surface area contributed by atoms with Gasteiger partial charge in [-0.1, -0.05) is 18.2 Å². The van der Waals surface area contributed by atoms with Gasteiger partial charge in [0.25, 0.3) is 0 Å². The first-order valence-corrected chi connectivity index (χ1v) is 9.42. The first kappa shape index (κ1) is 20.7. The molecule has 29 heavy (non-hydrogen) atoms. The van der Waals surface area contributed by atoms with Gasteiger partial charge in [-0.15, -0.1) is 0 Å². The van der Waals surface area contributed by atoms with Crippen LogP contribution >= 0.6 is 0 Å². The van der Waals surface area contributed by atoms with Gasteiger partial charge in [-0.05, 0) is 62.1 Å². The average molecular weight is 399 g/mol. The van der Waals surface area contributed by atoms with E-state index in [2.05, 4.69) is 0 Å². The molecule has 3 aromatic rings. The molecule has 2 aromatic carbocycles. The number of hydrogen-bond donors (Lipinski definition) is 0. The van der Waals surface area contributed by atoms with Crippen molar-refractivity contribution < 1.29 is 18.0 Å². The van der Waals surface area contributed by atoms with Gasteiger partial charge >= 0.3 is 5.63 Å². The highest BCUT2D eigenvalue weighted by atomic mass is 19.2. The zero-order valence-electron chi connectivity index (χ0n) is 16.9. The maximum absolute atomic E-state index is 13.5. The van der Waals surface area contributed by atoms with Crippen molar-refractivity contribution in [2.24, 2.45) is 0 Å². The van der Waals surface area contributed by atoms with Gasteiger partial charge in [0, 0.05) is 24.4 Å². The van der Waals surface area contributed by atoms with Crippen LogP contribution in [0.25, 0.3) is 11.0 Å². The lowest BCUT2D eigenvalue weighted by Crippen LogP contribution is -2.30. The van der Waals surface area contributed by atoms with Gasteiger partial charge in [0.2, 0.25) is 5.91 Å². The van der Waals surface area contributed by atoms with Crippen molar-refractivity contribution in [2.75, 3.05) is 7.05 Å². The summed E-state index contributed by atoms with van der Waals surface area (Å²) in [7, 11) is 1.60. The minimum atomic E-state index is -0.949. The summed E-state index contributed by atoms with van der Waals surface area (Å²) in [6, 6.07) is 8.83. The third-order valence-corrected chi connectivity index (χ3v) is 5.43. The SMILES string of the molecule is Cc1ccc2c(C)c(CCC(=O)N(C)C(C)c3ccc(F)c(F)c3)c(=O)oc2c1. The summed E-state index contributed by atoms with van der Waals surface area (Å²) in [5.74, 6) is -2.08. The lowest BCUT2D eigenvalue weighted by molar-refractivity contribution is -0.131. The number of amides is 1. The number of rotatable bonds is 5. The standard InChI is InChI=1S/C23H23F2NO3/c1-13-5-7-17-14(2)18(23(28)29-21(17)11-13)8-10-22(27)26(4)15(3)16-6-9-19(24)20(25)12-16/h5-7,9,11-12,15H,8,10H2,1-4H3. The molecule has 4 nitrogen and oxygen atoms in total. The van der Waals surface area contributed by atoms with Crippen LogP contribution in [0, 0.1) is 25.5 Å². The van der Waals surface area contributed by atoms with Crippen LogP contribution in [0.5, 0.6) is 0 Å². The lowest BCUT2D eigenvalue weighted by atomic mass is 10.0. The van der Waals surface area contributed by atoms with Gasteiger partial charge in [0.15, 0.2) is 11.6 Å². The van der Waals surface area contributed by atoms with E-state index >= 15 is 0 Å². The second-order valence-electron chi connectivity index (χ2n) is 7.35. The number of carbonyl (C=O) groups excluding carboxylic acids is 1. The smallest absolute Gasteiger partial charge is 0.339 e. The molecule has 0 aliphatic heterocycles. The van der Waals surface area contributed by atoms with E-state index in [1.54, 1.807) is 14.0 Å². The molecular weight excluding hydrogens is 376 g/mol. The molecule has 0 fully saturated rings. The summed E-state index contributed by atoms with van der Waals surface area (Å²) in [6.07, 6.45) is 0.346. The Labute approximate surface area is 167 Å². The molecule has 1 aromatic heterocycles. The fourth-order valence-electron chi connectivity index (χ4n) is 3.41. The van der Waals surface area contributed by atoms with Crippen molar-refractivity contribution in [2.45, 2.75) is 39.7 Å². The summed E-state index contributed by atoms with van der Waals surface area (Å²) >= 11 is 0. The second kappa shape index (κ2) is 8.15. The molecule has 0 aliphatic rings. The molecule has 0 bridgehead atoms. The van der Waals surface area contributed by atoms with E-state index in [1.165, 1.54) is 11.0 Å². The predicted octanol–water partition coefficient (Wildman–Crippen LogP) is 4.84. The van der Waals surface area contributed by atoms with E-state index in [9.17, 15) is 18.4 Å². The van der Waals surface area contributed by atoms with Gasteiger partial charge in [-0.25, -0.2) is 13.6 Å². The van der Waals surface area contributed by atoms with Crippen LogP contribution in [0.3, 0.4) is 0 Å². The number of nitrogens with zero attached hydrogens (tertiary/aromatic N) is 1. The van der Waals surface area contributed by atoms with Gasteiger partial charge in [0.05, 0.1) is 6.04 Å². The Balaban J connectivity index is 1.77. The van der Waals surface area contributed by atoms with Crippen molar-refractivity contribution in [3.05, 3.63) is 80.7 Å². The zero-order chi connectivity index (χ0) is 21.3. The molecule has 152 valence electrons. The second-order valence-corrected chi connectivity index (χ2v) is 7.35. The monoisotopic (exact) mass is 399 g/mol. The third kappa shape index (κ3) is 4.21. The quantitative estimate of drug-likeness (QED) is 0.577. The van der Waals surface area contributed by atoms with Crippen molar-refractivity contribution in [1.29, 1.82) is 0 Å². The topological polar surface area (TPSA) is 50.5 Å². The maximum atomic E-state index is 13.5. The largest absolute Gasteiger partial charge is 0.423 e. The molecule has 1 heterocycles. The van der Waals surface area contributed by atoms with Gasteiger partial charge < -0.3 is 9.32 Å². The summed E-state index contributed by atoms with van der Waals surface area (Å²) in [6.45, 7) is 5.51. The van der Waals surface area contributed by atoms with Crippen LogP contribution < -0.4 is 5.63 Å². The molecule has 0 saturated heterocycles. The normalized spacial score (nSPS) is 12.2. The van der Waals surface area contributed by atoms with Gasteiger partial charge in [-0.2, -0.15) is 0 Å². The average Bonchev–Trinajstić information content (AvgIpc) is 2.68. The number of fused-ring (bicyclic) bond motifs is 1. The fourth-order valence-corrected chi connectivity index (χ4v) is 3.41. The maximum Gasteiger partial charge on any atom is 0.339 e. The molecule has 0 N–H and O–H groups in total. The summed E-state index contributed by atoms with van der Waals surface area (Å²) < 4.78 is 32.1. The minimum Gasteiger partial charge on any atom is -0.423 e. The minimum absolute atomic E-state index is 0.105. The Kier molecular flexibility index (Phi) is 5.82. The first-order chi connectivity index (χ1) is 13.7. The molecule has 0 saturated carbocycles. The molecule has 1 amide bonds. The van der Waals surface area contributed by atoms with E-state index in [1.807, 2.05) is 32.0 Å². The van der Waals surface area contributed by atoms with Gasteiger partial charge in [-0.3, -0.25) is 4.79 Å². The predicted molar refractivity (Wildman–Crippen MR) is 108 cm³/mol. The molecular formula is C23H23F2NO3. The molecule has 6 heteroatoms. The number of carbonyl (C=O) groups is 1. The van der Waals surface area contributed by atoms with Crippen molar-refractivity contribution in [3.63, 3.8) is 0 Å². The Bertz CT molecular complexity index is 1140. The van der Waals surface area contributed by atoms with Crippen LogP contribution in [0.4, 0.5) is 8.78 Å². The highest BCUT2D eigenvalue weighted by Crippen LogP contribution is 2.24. The Morgan fingerprint density at radius 1 is 1.10 bits per heavy atom. The summed E-state index contributed by atoms with van der Waals surface area (Å²) in [5, 5.41) is 0.848. The van der Waals surface area contributed by atoms with Crippen LogP contribution in [-0.4, -0.2) is 17.9 Å². The molecule has 1 atom stereocenters. The number of benzene rings is 2. The van der Waals surface area contributed by atoms with E-state index in [0.717, 1.165) is 28.6 Å². The van der Waals surface area contributed by atoms with E-state index in [0.29, 0.717) is 16.7 Å².